The van der Waals surface area contributed by atoms with Gasteiger partial charge in [0.2, 0.25) is 10.0 Å². The van der Waals surface area contributed by atoms with Crippen molar-refractivity contribution in [3.05, 3.63) is 58.7 Å². The second-order valence-electron chi connectivity index (χ2n) is 6.91. The van der Waals surface area contributed by atoms with Crippen LogP contribution in [0.4, 0.5) is 5.69 Å². The van der Waals surface area contributed by atoms with E-state index < -0.39 is 10.0 Å². The fraction of sp³-hybridized carbons (Fsp3) is 0.381. The number of sulfonamides is 1. The molecule has 0 aromatic heterocycles. The molecule has 1 saturated heterocycles. The van der Waals surface area contributed by atoms with Crippen molar-refractivity contribution < 1.29 is 17.9 Å². The van der Waals surface area contributed by atoms with Crippen molar-refractivity contribution >= 4 is 21.6 Å². The van der Waals surface area contributed by atoms with Gasteiger partial charge in [-0.15, -0.1) is 0 Å². The normalized spacial score (nSPS) is 15.4. The van der Waals surface area contributed by atoms with E-state index in [2.05, 4.69) is 5.32 Å². The number of nitrogens with zero attached hydrogens (tertiary/aromatic N) is 1. The summed E-state index contributed by atoms with van der Waals surface area (Å²) in [5, 5.41) is 2.98. The number of benzene rings is 2. The number of ether oxygens (including phenoxy) is 1. The predicted octanol–water partition coefficient (Wildman–Crippen LogP) is 3.14. The number of carbonyl (C=O) groups is 1. The van der Waals surface area contributed by atoms with E-state index in [0.717, 1.165) is 28.8 Å². The molecular weight excluding hydrogens is 376 g/mol. The molecule has 0 saturated carbocycles. The fourth-order valence-corrected chi connectivity index (χ4v) is 4.76. The fourth-order valence-electron chi connectivity index (χ4n) is 3.33. The molecule has 150 valence electrons. The summed E-state index contributed by atoms with van der Waals surface area (Å²) >= 11 is 0. The number of amides is 1. The lowest BCUT2D eigenvalue weighted by atomic mass is 10.0. The van der Waals surface area contributed by atoms with Gasteiger partial charge in [-0.2, -0.15) is 4.31 Å². The van der Waals surface area contributed by atoms with Crippen LogP contribution in [0.2, 0.25) is 0 Å². The number of hydrogen-bond donors (Lipinski definition) is 1. The minimum absolute atomic E-state index is 0.130. The maximum absolute atomic E-state index is 13.0. The smallest absolute Gasteiger partial charge is 0.255 e. The highest BCUT2D eigenvalue weighted by Gasteiger charge is 2.27. The second-order valence-corrected chi connectivity index (χ2v) is 8.85. The first-order valence-corrected chi connectivity index (χ1v) is 10.9. The van der Waals surface area contributed by atoms with Gasteiger partial charge in [0.05, 0.1) is 18.1 Å². The van der Waals surface area contributed by atoms with Crippen LogP contribution in [0, 0.1) is 13.8 Å². The van der Waals surface area contributed by atoms with E-state index in [4.69, 9.17) is 4.74 Å². The molecule has 2 aromatic rings. The summed E-state index contributed by atoms with van der Waals surface area (Å²) in [5.74, 6) is -0.305. The quantitative estimate of drug-likeness (QED) is 0.834. The minimum atomic E-state index is -3.66. The standard InChI is InChI=1S/C21H26N2O4S/c1-4-17-7-5-6-16(3)20(17)22-21(24)19-14-18(9-8-15(19)2)28(25,26)23-10-12-27-13-11-23/h5-9,14H,4,10-13H2,1-3H3,(H,22,24). The summed E-state index contributed by atoms with van der Waals surface area (Å²) in [6, 6.07) is 10.6. The number of morpholine rings is 1. The van der Waals surface area contributed by atoms with Gasteiger partial charge in [-0.3, -0.25) is 4.79 Å². The molecule has 7 heteroatoms. The van der Waals surface area contributed by atoms with E-state index in [1.165, 1.54) is 10.4 Å². The Morgan fingerprint density at radius 2 is 1.82 bits per heavy atom. The summed E-state index contributed by atoms with van der Waals surface area (Å²) in [4.78, 5) is 13.1. The van der Waals surface area contributed by atoms with Crippen LogP contribution in [0.25, 0.3) is 0 Å². The van der Waals surface area contributed by atoms with Gasteiger partial charge in [-0.25, -0.2) is 8.42 Å². The van der Waals surface area contributed by atoms with Crippen molar-refractivity contribution in [2.24, 2.45) is 0 Å². The average molecular weight is 403 g/mol. The molecular formula is C21H26N2O4S. The van der Waals surface area contributed by atoms with Crippen LogP contribution < -0.4 is 5.32 Å². The monoisotopic (exact) mass is 402 g/mol. The van der Waals surface area contributed by atoms with E-state index >= 15 is 0 Å². The van der Waals surface area contributed by atoms with Gasteiger partial charge >= 0.3 is 0 Å². The van der Waals surface area contributed by atoms with Gasteiger partial charge in [-0.05, 0) is 49.1 Å². The van der Waals surface area contributed by atoms with Crippen LogP contribution in [0.5, 0.6) is 0 Å². The minimum Gasteiger partial charge on any atom is -0.379 e. The number of rotatable bonds is 5. The van der Waals surface area contributed by atoms with Crippen molar-refractivity contribution in [3.63, 3.8) is 0 Å². The maximum atomic E-state index is 13.0. The Bertz CT molecular complexity index is 980. The van der Waals surface area contributed by atoms with E-state index in [1.807, 2.05) is 32.0 Å². The summed E-state index contributed by atoms with van der Waals surface area (Å²) in [7, 11) is -3.66. The van der Waals surface area contributed by atoms with Gasteiger partial charge in [0.1, 0.15) is 0 Å². The van der Waals surface area contributed by atoms with Crippen LogP contribution in [0.3, 0.4) is 0 Å². The summed E-state index contributed by atoms with van der Waals surface area (Å²) in [6.07, 6.45) is 0.793. The molecule has 28 heavy (non-hydrogen) atoms. The summed E-state index contributed by atoms with van der Waals surface area (Å²) < 4.78 is 32.5. The molecule has 6 nitrogen and oxygen atoms in total. The Balaban J connectivity index is 1.93. The molecule has 1 fully saturated rings. The zero-order chi connectivity index (χ0) is 20.3. The van der Waals surface area contributed by atoms with E-state index in [1.54, 1.807) is 19.1 Å². The third kappa shape index (κ3) is 4.11. The number of para-hydroxylation sites is 1. The Morgan fingerprint density at radius 3 is 2.50 bits per heavy atom. The topological polar surface area (TPSA) is 75.7 Å². The average Bonchev–Trinajstić information content (AvgIpc) is 2.70. The molecule has 0 bridgehead atoms. The second kappa shape index (κ2) is 8.43. The number of aryl methyl sites for hydroxylation is 3. The molecule has 0 atom stereocenters. The number of carbonyl (C=O) groups excluding carboxylic acids is 1. The Labute approximate surface area is 166 Å². The molecule has 0 unspecified atom stereocenters. The number of nitrogens with one attached hydrogen (secondary N) is 1. The number of hydrogen-bond acceptors (Lipinski definition) is 4. The lowest BCUT2D eigenvalue weighted by Gasteiger charge is -2.26. The Hall–Kier alpha value is -2.22. The van der Waals surface area contributed by atoms with Gasteiger partial charge in [0, 0.05) is 24.3 Å². The first kappa shape index (κ1) is 20.5. The van der Waals surface area contributed by atoms with Crippen molar-refractivity contribution in [2.45, 2.75) is 32.1 Å². The van der Waals surface area contributed by atoms with Crippen molar-refractivity contribution in [1.29, 1.82) is 0 Å². The molecule has 2 aromatic carbocycles. The van der Waals surface area contributed by atoms with Crippen LogP contribution in [0.1, 0.15) is 34.0 Å². The molecule has 1 aliphatic heterocycles. The summed E-state index contributed by atoms with van der Waals surface area (Å²) in [5.41, 5.74) is 3.89. The van der Waals surface area contributed by atoms with E-state index in [0.29, 0.717) is 31.9 Å². The number of anilines is 1. The SMILES string of the molecule is CCc1cccc(C)c1NC(=O)c1cc(S(=O)(=O)N2CCOCC2)ccc1C. The highest BCUT2D eigenvalue weighted by molar-refractivity contribution is 7.89. The Morgan fingerprint density at radius 1 is 1.11 bits per heavy atom. The van der Waals surface area contributed by atoms with E-state index in [9.17, 15) is 13.2 Å². The highest BCUT2D eigenvalue weighted by atomic mass is 32.2. The van der Waals surface area contributed by atoms with Crippen molar-refractivity contribution in [1.82, 2.24) is 4.31 Å². The van der Waals surface area contributed by atoms with Gasteiger partial charge in [-0.1, -0.05) is 31.2 Å². The lowest BCUT2D eigenvalue weighted by Crippen LogP contribution is -2.40. The predicted molar refractivity (Wildman–Crippen MR) is 109 cm³/mol. The summed E-state index contributed by atoms with van der Waals surface area (Å²) in [6.45, 7) is 7.18. The lowest BCUT2D eigenvalue weighted by molar-refractivity contribution is 0.0730. The van der Waals surface area contributed by atoms with Gasteiger partial charge in [0.25, 0.3) is 5.91 Å². The van der Waals surface area contributed by atoms with Gasteiger partial charge in [0.15, 0.2) is 0 Å². The van der Waals surface area contributed by atoms with Crippen LogP contribution >= 0.6 is 0 Å². The van der Waals surface area contributed by atoms with Crippen molar-refractivity contribution in [2.75, 3.05) is 31.6 Å². The first-order valence-electron chi connectivity index (χ1n) is 9.43. The van der Waals surface area contributed by atoms with Crippen LogP contribution in [0.15, 0.2) is 41.3 Å². The largest absolute Gasteiger partial charge is 0.379 e. The Kier molecular flexibility index (Phi) is 6.17. The van der Waals surface area contributed by atoms with Gasteiger partial charge < -0.3 is 10.1 Å². The maximum Gasteiger partial charge on any atom is 0.255 e. The van der Waals surface area contributed by atoms with Crippen LogP contribution in [-0.4, -0.2) is 44.9 Å². The van der Waals surface area contributed by atoms with E-state index in [-0.39, 0.29) is 10.8 Å². The third-order valence-corrected chi connectivity index (χ3v) is 6.93. The molecule has 0 aliphatic carbocycles. The van der Waals surface area contributed by atoms with Crippen LogP contribution in [-0.2, 0) is 21.2 Å². The zero-order valence-corrected chi connectivity index (χ0v) is 17.3. The molecule has 1 N–H and O–H groups in total. The molecule has 1 aliphatic rings. The molecule has 0 spiro atoms. The molecule has 1 heterocycles. The highest BCUT2D eigenvalue weighted by Crippen LogP contribution is 2.24. The molecule has 1 amide bonds. The zero-order valence-electron chi connectivity index (χ0n) is 16.5. The molecule has 3 rings (SSSR count). The molecule has 0 radical (unpaired) electrons. The first-order chi connectivity index (χ1) is 13.3. The third-order valence-electron chi connectivity index (χ3n) is 5.04. The van der Waals surface area contributed by atoms with Crippen molar-refractivity contribution in [3.8, 4) is 0 Å².